The van der Waals surface area contributed by atoms with Gasteiger partial charge in [-0.15, -0.1) is 0 Å². The number of benzene rings is 1. The molecule has 3 rings (SSSR count). The second-order valence-electron chi connectivity index (χ2n) is 6.86. The van der Waals surface area contributed by atoms with Gasteiger partial charge in [-0.05, 0) is 75.5 Å². The monoisotopic (exact) mass is 431 g/mol. The molecule has 1 aliphatic heterocycles. The van der Waals surface area contributed by atoms with E-state index in [0.717, 1.165) is 32.0 Å². The van der Waals surface area contributed by atoms with Crippen molar-refractivity contribution in [2.45, 2.75) is 31.6 Å². The number of hydrogen-bond donors (Lipinski definition) is 1. The third kappa shape index (κ3) is 5.18. The third-order valence-corrected chi connectivity index (χ3v) is 5.40. The number of nitrogens with zero attached hydrogens (tertiary/aromatic N) is 2. The Kier molecular flexibility index (Phi) is 6.52. The first kappa shape index (κ1) is 21.0. The molecule has 0 bridgehead atoms. The van der Waals surface area contributed by atoms with Crippen molar-refractivity contribution in [3.63, 3.8) is 0 Å². The number of anilines is 1. The van der Waals surface area contributed by atoms with Crippen molar-refractivity contribution in [3.8, 4) is 0 Å². The molecule has 28 heavy (non-hydrogen) atoms. The summed E-state index contributed by atoms with van der Waals surface area (Å²) in [6.07, 6.45) is -1.22. The highest BCUT2D eigenvalue weighted by Gasteiger charge is 2.34. The Balaban J connectivity index is 1.84. The molecule has 0 unspecified atom stereocenters. The van der Waals surface area contributed by atoms with Gasteiger partial charge in [-0.25, -0.2) is 0 Å². The van der Waals surface area contributed by atoms with Crippen LogP contribution in [0.2, 0.25) is 5.02 Å². The molecule has 0 spiro atoms. The fraction of sp³-hybridized carbons (Fsp3) is 0.421. The van der Waals surface area contributed by atoms with Crippen molar-refractivity contribution in [1.29, 1.82) is 0 Å². The zero-order valence-electron chi connectivity index (χ0n) is 15.3. The highest BCUT2D eigenvalue weighted by molar-refractivity contribution is 7.80. The Morgan fingerprint density at radius 2 is 2.04 bits per heavy atom. The van der Waals surface area contributed by atoms with Gasteiger partial charge in [-0.3, -0.25) is 0 Å². The van der Waals surface area contributed by atoms with E-state index in [4.69, 9.17) is 28.2 Å². The summed E-state index contributed by atoms with van der Waals surface area (Å²) in [4.78, 5) is 4.12. The maximum atomic E-state index is 13.4. The van der Waals surface area contributed by atoms with Crippen molar-refractivity contribution >= 4 is 34.6 Å². The topological polar surface area (TPSA) is 31.6 Å². The van der Waals surface area contributed by atoms with Crippen LogP contribution < -0.4 is 5.32 Å². The molecular formula is C19H21ClF3N3OS. The molecule has 1 fully saturated rings. The van der Waals surface area contributed by atoms with E-state index in [-0.39, 0.29) is 21.9 Å². The molecule has 1 aromatic carbocycles. The Hall–Kier alpha value is -1.77. The Morgan fingerprint density at radius 3 is 2.64 bits per heavy atom. The van der Waals surface area contributed by atoms with Crippen LogP contribution in [0.3, 0.4) is 0 Å². The summed E-state index contributed by atoms with van der Waals surface area (Å²) < 4.78 is 45.6. The van der Waals surface area contributed by atoms with Crippen LogP contribution in [-0.4, -0.2) is 41.1 Å². The van der Waals surface area contributed by atoms with E-state index >= 15 is 0 Å². The normalized spacial score (nSPS) is 16.2. The molecule has 2 heterocycles. The maximum absolute atomic E-state index is 13.4. The molecular weight excluding hydrogens is 411 g/mol. The number of furan rings is 1. The van der Waals surface area contributed by atoms with Gasteiger partial charge >= 0.3 is 6.18 Å². The van der Waals surface area contributed by atoms with Crippen molar-refractivity contribution in [2.75, 3.05) is 25.5 Å². The van der Waals surface area contributed by atoms with E-state index in [9.17, 15) is 13.2 Å². The minimum absolute atomic E-state index is 0.106. The number of alkyl halides is 3. The van der Waals surface area contributed by atoms with Crippen molar-refractivity contribution in [1.82, 2.24) is 9.80 Å². The highest BCUT2D eigenvalue weighted by atomic mass is 35.5. The summed E-state index contributed by atoms with van der Waals surface area (Å²) in [6.45, 7) is 2.18. The molecule has 4 nitrogen and oxygen atoms in total. The molecule has 0 aliphatic carbocycles. The van der Waals surface area contributed by atoms with Gasteiger partial charge in [0.05, 0.1) is 24.1 Å². The molecule has 1 aliphatic rings. The lowest BCUT2D eigenvalue weighted by Gasteiger charge is -2.38. The quantitative estimate of drug-likeness (QED) is 0.669. The summed E-state index contributed by atoms with van der Waals surface area (Å²) >= 11 is 11.4. The van der Waals surface area contributed by atoms with Crippen LogP contribution in [0, 0.1) is 0 Å². The van der Waals surface area contributed by atoms with E-state index in [1.807, 2.05) is 18.0 Å². The molecule has 2 aromatic rings. The average Bonchev–Trinajstić information content (AvgIpc) is 3.13. The molecule has 0 atom stereocenters. The molecule has 1 saturated heterocycles. The maximum Gasteiger partial charge on any atom is 0.418 e. The van der Waals surface area contributed by atoms with Crippen molar-refractivity contribution in [3.05, 3.63) is 52.9 Å². The van der Waals surface area contributed by atoms with Crippen LogP contribution in [0.15, 0.2) is 41.0 Å². The Bertz CT molecular complexity index is 805. The smallest absolute Gasteiger partial charge is 0.418 e. The second kappa shape index (κ2) is 8.71. The molecule has 152 valence electrons. The minimum atomic E-state index is -4.51. The van der Waals surface area contributed by atoms with Crippen LogP contribution in [0.25, 0.3) is 0 Å². The Morgan fingerprint density at radius 1 is 1.32 bits per heavy atom. The van der Waals surface area contributed by atoms with Gasteiger partial charge in [0.25, 0.3) is 0 Å². The van der Waals surface area contributed by atoms with E-state index in [1.54, 1.807) is 12.3 Å². The predicted octanol–water partition coefficient (Wildman–Crippen LogP) is 5.25. The van der Waals surface area contributed by atoms with Gasteiger partial charge in [0.1, 0.15) is 5.76 Å². The first-order valence-electron chi connectivity index (χ1n) is 8.89. The van der Waals surface area contributed by atoms with Gasteiger partial charge in [0, 0.05) is 11.1 Å². The average molecular weight is 432 g/mol. The summed E-state index contributed by atoms with van der Waals surface area (Å²) in [6, 6.07) is 7.13. The standard InChI is InChI=1S/C19H21ClF3N3OS/c1-25-8-6-14(7-9-25)26(12-15-3-2-10-27-15)18(28)24-17-11-13(20)4-5-16(17)19(21,22)23/h2-5,10-11,14H,6-9,12H2,1H3,(H,24,28). The van der Waals surface area contributed by atoms with E-state index in [0.29, 0.717) is 12.3 Å². The van der Waals surface area contributed by atoms with Gasteiger partial charge in [0.15, 0.2) is 5.11 Å². The molecule has 1 aromatic heterocycles. The highest BCUT2D eigenvalue weighted by Crippen LogP contribution is 2.36. The number of piperidine rings is 1. The van der Waals surface area contributed by atoms with Gasteiger partial charge in [-0.2, -0.15) is 13.2 Å². The van der Waals surface area contributed by atoms with E-state index in [2.05, 4.69) is 10.2 Å². The summed E-state index contributed by atoms with van der Waals surface area (Å²) in [5.74, 6) is 0.699. The van der Waals surface area contributed by atoms with Gasteiger partial charge in [-0.1, -0.05) is 11.6 Å². The molecule has 1 N–H and O–H groups in total. The SMILES string of the molecule is CN1CCC(N(Cc2ccco2)C(=S)Nc2cc(Cl)ccc2C(F)(F)F)CC1. The zero-order valence-corrected chi connectivity index (χ0v) is 16.9. The van der Waals surface area contributed by atoms with Crippen molar-refractivity contribution < 1.29 is 17.6 Å². The van der Waals surface area contributed by atoms with E-state index < -0.39 is 11.7 Å². The van der Waals surface area contributed by atoms with Crippen LogP contribution in [-0.2, 0) is 12.7 Å². The number of hydrogen-bond acceptors (Lipinski definition) is 3. The minimum Gasteiger partial charge on any atom is -0.467 e. The van der Waals surface area contributed by atoms with Crippen LogP contribution in [0.5, 0.6) is 0 Å². The zero-order chi connectivity index (χ0) is 20.3. The third-order valence-electron chi connectivity index (χ3n) is 4.82. The first-order valence-corrected chi connectivity index (χ1v) is 9.68. The Labute approximate surface area is 172 Å². The second-order valence-corrected chi connectivity index (χ2v) is 7.68. The van der Waals surface area contributed by atoms with Gasteiger partial charge in [0.2, 0.25) is 0 Å². The molecule has 0 amide bonds. The molecule has 0 radical (unpaired) electrons. The molecule has 0 saturated carbocycles. The summed E-state index contributed by atoms with van der Waals surface area (Å²) in [7, 11) is 2.05. The lowest BCUT2D eigenvalue weighted by molar-refractivity contribution is -0.136. The van der Waals surface area contributed by atoms with E-state index in [1.165, 1.54) is 12.1 Å². The van der Waals surface area contributed by atoms with Crippen LogP contribution in [0.4, 0.5) is 18.9 Å². The number of thiocarbonyl (C=S) groups is 1. The lowest BCUT2D eigenvalue weighted by Crippen LogP contribution is -2.47. The number of likely N-dealkylation sites (tertiary alicyclic amines) is 1. The summed E-state index contributed by atoms with van der Waals surface area (Å²) in [5, 5.41) is 3.20. The summed E-state index contributed by atoms with van der Waals surface area (Å²) in [5.41, 5.74) is -0.956. The predicted molar refractivity (Wildman–Crippen MR) is 107 cm³/mol. The largest absolute Gasteiger partial charge is 0.467 e. The van der Waals surface area contributed by atoms with Gasteiger partial charge < -0.3 is 19.5 Å². The number of rotatable bonds is 4. The number of halogens is 4. The molecule has 9 heteroatoms. The van der Waals surface area contributed by atoms with Crippen LogP contribution in [0.1, 0.15) is 24.2 Å². The van der Waals surface area contributed by atoms with Crippen molar-refractivity contribution in [2.24, 2.45) is 0 Å². The fourth-order valence-electron chi connectivity index (χ4n) is 3.30. The fourth-order valence-corrected chi connectivity index (χ4v) is 3.79. The number of nitrogens with one attached hydrogen (secondary N) is 1. The first-order chi connectivity index (χ1) is 13.2. The van der Waals surface area contributed by atoms with Crippen LogP contribution >= 0.6 is 23.8 Å². The lowest BCUT2D eigenvalue weighted by atomic mass is 10.0.